The second-order valence-electron chi connectivity index (χ2n) is 7.59. The minimum absolute atomic E-state index is 0.148. The van der Waals surface area contributed by atoms with E-state index < -0.39 is 15.6 Å². The molecule has 1 aliphatic carbocycles. The van der Waals surface area contributed by atoms with E-state index in [4.69, 9.17) is 4.52 Å². The van der Waals surface area contributed by atoms with E-state index in [1.54, 1.807) is 6.07 Å². The summed E-state index contributed by atoms with van der Waals surface area (Å²) in [7, 11) is -3.42. The number of nitrogens with zero attached hydrogens (tertiary/aromatic N) is 4. The molecule has 2 N–H and O–H groups in total. The molecule has 0 spiro atoms. The van der Waals surface area contributed by atoms with Gasteiger partial charge in [-0.1, -0.05) is 24.4 Å². The number of nitrogens with one attached hydrogen (secondary N) is 1. The lowest BCUT2D eigenvalue weighted by Gasteiger charge is -2.36. The summed E-state index contributed by atoms with van der Waals surface area (Å²) in [4.78, 5) is 6.74. The summed E-state index contributed by atoms with van der Waals surface area (Å²) in [6, 6.07) is 1.57. The van der Waals surface area contributed by atoms with Crippen molar-refractivity contribution in [2.45, 2.75) is 50.4 Å². The predicted molar refractivity (Wildman–Crippen MR) is 106 cm³/mol. The lowest BCUT2D eigenvalue weighted by Crippen LogP contribution is -2.54. The molecule has 2 fully saturated rings. The first-order valence-electron chi connectivity index (χ1n) is 10.0. The molecule has 1 saturated carbocycles. The van der Waals surface area contributed by atoms with Crippen molar-refractivity contribution in [3.63, 3.8) is 0 Å². The molecule has 0 atom stereocenters. The molecule has 0 radical (unpaired) electrons. The molecule has 28 heavy (non-hydrogen) atoms. The molecule has 0 amide bonds. The summed E-state index contributed by atoms with van der Waals surface area (Å²) in [6.07, 6.45) is 6.24. The third-order valence-corrected chi connectivity index (χ3v) is 7.21. The van der Waals surface area contributed by atoms with Crippen molar-refractivity contribution in [2.24, 2.45) is 4.99 Å². The van der Waals surface area contributed by atoms with Crippen LogP contribution in [0.1, 0.15) is 44.7 Å². The van der Waals surface area contributed by atoms with Gasteiger partial charge in [-0.2, -0.15) is 4.31 Å². The summed E-state index contributed by atoms with van der Waals surface area (Å²) in [5.74, 6) is 0.597. The zero-order valence-corrected chi connectivity index (χ0v) is 17.3. The van der Waals surface area contributed by atoms with Gasteiger partial charge in [0.15, 0.2) is 5.96 Å². The van der Waals surface area contributed by atoms with Crippen LogP contribution in [0.15, 0.2) is 21.8 Å². The van der Waals surface area contributed by atoms with Gasteiger partial charge >= 0.3 is 0 Å². The Bertz CT molecular complexity index is 736. The molecule has 0 unspecified atom stereocenters. The van der Waals surface area contributed by atoms with Crippen molar-refractivity contribution in [3.05, 3.63) is 18.0 Å². The van der Waals surface area contributed by atoms with E-state index in [-0.39, 0.29) is 5.75 Å². The van der Waals surface area contributed by atoms with Crippen LogP contribution in [0.3, 0.4) is 0 Å². The second-order valence-corrected chi connectivity index (χ2v) is 9.56. The summed E-state index contributed by atoms with van der Waals surface area (Å²) in [5.41, 5.74) is -0.292. The van der Waals surface area contributed by atoms with Crippen LogP contribution < -0.4 is 5.32 Å². The van der Waals surface area contributed by atoms with Gasteiger partial charge in [0.1, 0.15) is 12.0 Å². The van der Waals surface area contributed by atoms with E-state index in [0.29, 0.717) is 38.4 Å². The van der Waals surface area contributed by atoms with E-state index in [1.807, 2.05) is 6.92 Å². The lowest BCUT2D eigenvalue weighted by atomic mass is 9.85. The van der Waals surface area contributed by atoms with Crippen LogP contribution in [0, 0.1) is 0 Å². The summed E-state index contributed by atoms with van der Waals surface area (Å²) >= 11 is 0. The molecule has 2 heterocycles. The number of guanidine groups is 1. The number of aromatic nitrogens is 1. The molecule has 3 rings (SSSR count). The number of piperazine rings is 1. The Morgan fingerprint density at radius 2 is 2.00 bits per heavy atom. The van der Waals surface area contributed by atoms with Gasteiger partial charge in [0.2, 0.25) is 10.0 Å². The average molecular weight is 414 g/mol. The molecule has 10 heteroatoms. The molecule has 1 saturated heterocycles. The largest absolute Gasteiger partial charge is 0.388 e. The SMILES string of the molecule is CCNC(=NCC1(O)CCCCC1)N1CCN(S(=O)(=O)Cc2ccon2)CC1. The lowest BCUT2D eigenvalue weighted by molar-refractivity contribution is 0.0129. The Labute approximate surface area is 166 Å². The van der Waals surface area contributed by atoms with Crippen LogP contribution in [-0.2, 0) is 15.8 Å². The molecule has 158 valence electrons. The molecule has 1 aromatic rings. The standard InChI is InChI=1S/C18H31N5O4S/c1-2-19-17(20-15-18(24)7-4-3-5-8-18)22-9-11-23(12-10-22)28(25,26)14-16-6-13-27-21-16/h6,13,24H,2-5,7-12,14-15H2,1H3,(H,19,20). The Morgan fingerprint density at radius 3 is 2.61 bits per heavy atom. The van der Waals surface area contributed by atoms with Gasteiger partial charge < -0.3 is 19.8 Å². The quantitative estimate of drug-likeness (QED) is 0.524. The Morgan fingerprint density at radius 1 is 1.29 bits per heavy atom. The minimum Gasteiger partial charge on any atom is -0.388 e. The number of aliphatic imine (C=N–C) groups is 1. The number of hydrogen-bond donors (Lipinski definition) is 2. The van der Waals surface area contributed by atoms with Gasteiger partial charge in [0.25, 0.3) is 0 Å². The summed E-state index contributed by atoms with van der Waals surface area (Å²) in [6.45, 7) is 5.03. The number of rotatable bonds is 6. The first kappa shape index (κ1) is 21.1. The molecule has 1 aromatic heterocycles. The van der Waals surface area contributed by atoms with E-state index in [9.17, 15) is 13.5 Å². The van der Waals surface area contributed by atoms with Crippen LogP contribution in [-0.4, -0.2) is 78.7 Å². The third kappa shape index (κ3) is 5.45. The monoisotopic (exact) mass is 413 g/mol. The molecule has 0 bridgehead atoms. The van der Waals surface area contributed by atoms with Gasteiger partial charge in [-0.05, 0) is 19.8 Å². The Hall–Kier alpha value is -1.65. The minimum atomic E-state index is -3.42. The summed E-state index contributed by atoms with van der Waals surface area (Å²) in [5, 5.41) is 17.7. The Kier molecular flexibility index (Phi) is 6.95. The highest BCUT2D eigenvalue weighted by Gasteiger charge is 2.31. The fourth-order valence-electron chi connectivity index (χ4n) is 3.78. The van der Waals surface area contributed by atoms with Crippen molar-refractivity contribution >= 4 is 16.0 Å². The molecule has 9 nitrogen and oxygen atoms in total. The predicted octanol–water partition coefficient (Wildman–Crippen LogP) is 0.783. The Balaban J connectivity index is 1.58. The second kappa shape index (κ2) is 9.23. The summed E-state index contributed by atoms with van der Waals surface area (Å²) < 4.78 is 31.4. The van der Waals surface area contributed by atoms with Gasteiger partial charge in [0, 0.05) is 38.8 Å². The van der Waals surface area contributed by atoms with E-state index in [1.165, 1.54) is 17.0 Å². The van der Waals surface area contributed by atoms with E-state index in [2.05, 4.69) is 20.4 Å². The number of sulfonamides is 1. The topological polar surface area (TPSA) is 111 Å². The maximum absolute atomic E-state index is 12.6. The third-order valence-electron chi connectivity index (χ3n) is 5.40. The highest BCUT2D eigenvalue weighted by Crippen LogP contribution is 2.28. The zero-order valence-electron chi connectivity index (χ0n) is 16.5. The fourth-order valence-corrected chi connectivity index (χ4v) is 5.21. The van der Waals surface area contributed by atoms with E-state index in [0.717, 1.165) is 38.2 Å². The maximum Gasteiger partial charge on any atom is 0.220 e. The van der Waals surface area contributed by atoms with Crippen molar-refractivity contribution in [1.82, 2.24) is 19.7 Å². The van der Waals surface area contributed by atoms with Gasteiger partial charge in [-0.15, -0.1) is 0 Å². The van der Waals surface area contributed by atoms with Crippen molar-refractivity contribution < 1.29 is 18.0 Å². The smallest absolute Gasteiger partial charge is 0.220 e. The molecule has 2 aliphatic rings. The van der Waals surface area contributed by atoms with E-state index >= 15 is 0 Å². The van der Waals surface area contributed by atoms with Gasteiger partial charge in [-0.3, -0.25) is 4.99 Å². The zero-order chi connectivity index (χ0) is 20.0. The van der Waals surface area contributed by atoms with Crippen molar-refractivity contribution in [3.8, 4) is 0 Å². The number of hydrogen-bond acceptors (Lipinski definition) is 6. The van der Waals surface area contributed by atoms with Crippen LogP contribution in [0.5, 0.6) is 0 Å². The highest BCUT2D eigenvalue weighted by atomic mass is 32.2. The van der Waals surface area contributed by atoms with Crippen molar-refractivity contribution in [1.29, 1.82) is 0 Å². The first-order valence-corrected chi connectivity index (χ1v) is 11.7. The highest BCUT2D eigenvalue weighted by molar-refractivity contribution is 7.88. The average Bonchev–Trinajstić information content (AvgIpc) is 3.18. The fraction of sp³-hybridized carbons (Fsp3) is 0.778. The normalized spacial score (nSPS) is 21.6. The molecule has 1 aliphatic heterocycles. The molecular formula is C18H31N5O4S. The van der Waals surface area contributed by atoms with Crippen LogP contribution >= 0.6 is 0 Å². The van der Waals surface area contributed by atoms with Crippen LogP contribution in [0.4, 0.5) is 0 Å². The molecule has 0 aromatic carbocycles. The van der Waals surface area contributed by atoms with Crippen molar-refractivity contribution in [2.75, 3.05) is 39.3 Å². The van der Waals surface area contributed by atoms with Gasteiger partial charge in [0.05, 0.1) is 17.8 Å². The first-order chi connectivity index (χ1) is 13.4. The van der Waals surface area contributed by atoms with Gasteiger partial charge in [-0.25, -0.2) is 8.42 Å². The van der Waals surface area contributed by atoms with Crippen LogP contribution in [0.25, 0.3) is 0 Å². The van der Waals surface area contributed by atoms with Crippen LogP contribution in [0.2, 0.25) is 0 Å². The maximum atomic E-state index is 12.6. The number of aliphatic hydroxyl groups is 1. The molecular weight excluding hydrogens is 382 g/mol.